The van der Waals surface area contributed by atoms with Gasteiger partial charge in [0.05, 0.1) is 10.5 Å². The number of nitrogens with zero attached hydrogens (tertiary/aromatic N) is 1. The number of hydrogen-bond acceptors (Lipinski definition) is 6. The van der Waals surface area contributed by atoms with Gasteiger partial charge in [0.15, 0.2) is 0 Å². The number of amides is 2. The van der Waals surface area contributed by atoms with Gasteiger partial charge < -0.3 is 10.4 Å². The summed E-state index contributed by atoms with van der Waals surface area (Å²) in [6.45, 7) is -0.0505. The van der Waals surface area contributed by atoms with Crippen LogP contribution in [0.5, 0.6) is 5.75 Å². The third-order valence-corrected chi connectivity index (χ3v) is 7.32. The molecule has 0 aromatic heterocycles. The van der Waals surface area contributed by atoms with Crippen molar-refractivity contribution in [1.82, 2.24) is 9.79 Å². The van der Waals surface area contributed by atoms with Crippen LogP contribution in [0.1, 0.15) is 21.5 Å². The van der Waals surface area contributed by atoms with Crippen molar-refractivity contribution in [3.8, 4) is 5.75 Å². The summed E-state index contributed by atoms with van der Waals surface area (Å²) in [6.07, 6.45) is 0.103. The van der Waals surface area contributed by atoms with E-state index in [1.54, 1.807) is 35.8 Å². The molecule has 1 atom stereocenters. The van der Waals surface area contributed by atoms with E-state index in [-0.39, 0.29) is 34.9 Å². The first-order valence-corrected chi connectivity index (χ1v) is 11.5. The molecule has 1 aliphatic rings. The van der Waals surface area contributed by atoms with Crippen LogP contribution in [0, 0.1) is 0 Å². The minimum absolute atomic E-state index is 0.0399. The number of hydrogen-bond donors (Lipinski definition) is 4. The van der Waals surface area contributed by atoms with Crippen molar-refractivity contribution in [2.75, 3.05) is 5.32 Å². The number of phenols is 1. The molecule has 0 fully saturated rings. The van der Waals surface area contributed by atoms with E-state index in [2.05, 4.69) is 5.32 Å². The third-order valence-electron chi connectivity index (χ3n) is 5.47. The van der Waals surface area contributed by atoms with E-state index in [1.807, 2.05) is 6.07 Å². The maximum Gasteiger partial charge on any atom is 0.262 e. The Morgan fingerprint density at radius 2 is 1.64 bits per heavy atom. The largest absolute Gasteiger partial charge is 0.507 e. The van der Waals surface area contributed by atoms with E-state index in [1.165, 1.54) is 36.4 Å². The number of carbonyl (C=O) groups is 2. The summed E-state index contributed by atoms with van der Waals surface area (Å²) < 4.78 is 28.0. The minimum Gasteiger partial charge on any atom is -0.507 e. The quantitative estimate of drug-likeness (QED) is 0.336. The van der Waals surface area contributed by atoms with Gasteiger partial charge in [-0.25, -0.2) is 13.9 Å². The molecule has 1 aliphatic heterocycles. The molecule has 2 amide bonds. The molecule has 3 aromatic carbocycles. The fourth-order valence-corrected chi connectivity index (χ4v) is 5.39. The number of hydroxylamine groups is 1. The van der Waals surface area contributed by atoms with Gasteiger partial charge in [-0.15, -0.1) is 0 Å². The zero-order valence-electron chi connectivity index (χ0n) is 17.3. The predicted molar refractivity (Wildman–Crippen MR) is 119 cm³/mol. The van der Waals surface area contributed by atoms with Gasteiger partial charge in [-0.1, -0.05) is 42.5 Å². The highest BCUT2D eigenvalue weighted by Crippen LogP contribution is 2.30. The first-order valence-electron chi connectivity index (χ1n) is 10.0. The molecule has 1 heterocycles. The highest BCUT2D eigenvalue weighted by molar-refractivity contribution is 7.89. The van der Waals surface area contributed by atoms with Crippen molar-refractivity contribution in [1.29, 1.82) is 0 Å². The number of rotatable bonds is 5. The van der Waals surface area contributed by atoms with Gasteiger partial charge in [-0.3, -0.25) is 14.8 Å². The SMILES string of the molecule is O=C(Nc1cccc(S(=O)(=O)N2Cc3ccccc3CC2C(=O)NO)c1)c1ccccc1O. The second-order valence-corrected chi connectivity index (χ2v) is 9.40. The van der Waals surface area contributed by atoms with Crippen LogP contribution < -0.4 is 10.8 Å². The average molecular weight is 468 g/mol. The van der Waals surface area contributed by atoms with Crippen LogP contribution in [-0.2, 0) is 27.8 Å². The lowest BCUT2D eigenvalue weighted by molar-refractivity contribution is -0.133. The number of fused-ring (bicyclic) bond motifs is 1. The Hall–Kier alpha value is -3.73. The molecule has 0 spiro atoms. The molecule has 0 radical (unpaired) electrons. The number of anilines is 1. The molecule has 0 saturated heterocycles. The lowest BCUT2D eigenvalue weighted by Gasteiger charge is -2.34. The molecular weight excluding hydrogens is 446 g/mol. The van der Waals surface area contributed by atoms with E-state index in [9.17, 15) is 28.3 Å². The fourth-order valence-electron chi connectivity index (χ4n) is 3.78. The maximum atomic E-state index is 13.5. The highest BCUT2D eigenvalue weighted by Gasteiger charge is 2.39. The Kier molecular flexibility index (Phi) is 6.14. The minimum atomic E-state index is -4.18. The van der Waals surface area contributed by atoms with Crippen LogP contribution in [0.2, 0.25) is 0 Å². The van der Waals surface area contributed by atoms with Crippen molar-refractivity contribution >= 4 is 27.5 Å². The Bertz CT molecular complexity index is 1330. The highest BCUT2D eigenvalue weighted by atomic mass is 32.2. The van der Waals surface area contributed by atoms with Crippen LogP contribution in [0.4, 0.5) is 5.69 Å². The molecule has 9 nitrogen and oxygen atoms in total. The number of sulfonamides is 1. The first kappa shape index (κ1) is 22.5. The number of carbonyl (C=O) groups excluding carboxylic acids is 2. The Morgan fingerprint density at radius 3 is 2.36 bits per heavy atom. The second-order valence-electron chi connectivity index (χ2n) is 7.51. The van der Waals surface area contributed by atoms with Crippen LogP contribution in [-0.4, -0.2) is 40.9 Å². The molecule has 3 aromatic rings. The number of nitrogens with one attached hydrogen (secondary N) is 2. The summed E-state index contributed by atoms with van der Waals surface area (Å²) in [4.78, 5) is 24.7. The van der Waals surface area contributed by atoms with Crippen LogP contribution >= 0.6 is 0 Å². The summed E-state index contributed by atoms with van der Waals surface area (Å²) in [5, 5.41) is 21.6. The van der Waals surface area contributed by atoms with Crippen LogP contribution in [0.15, 0.2) is 77.7 Å². The lowest BCUT2D eigenvalue weighted by atomic mass is 9.95. The van der Waals surface area contributed by atoms with Crippen molar-refractivity contribution < 1.29 is 28.3 Å². The molecule has 0 saturated carbocycles. The number of para-hydroxylation sites is 1. The fraction of sp³-hybridized carbons (Fsp3) is 0.130. The summed E-state index contributed by atoms with van der Waals surface area (Å²) >= 11 is 0. The molecule has 0 aliphatic carbocycles. The van der Waals surface area contributed by atoms with Gasteiger partial charge >= 0.3 is 0 Å². The summed E-state index contributed by atoms with van der Waals surface area (Å²) in [6, 6.07) is 17.6. The zero-order valence-corrected chi connectivity index (χ0v) is 18.1. The molecule has 4 rings (SSSR count). The van der Waals surface area contributed by atoms with E-state index in [0.717, 1.165) is 15.4 Å². The molecule has 0 bridgehead atoms. The molecule has 4 N–H and O–H groups in total. The first-order chi connectivity index (χ1) is 15.8. The van der Waals surface area contributed by atoms with Crippen molar-refractivity contribution in [3.63, 3.8) is 0 Å². The second kappa shape index (κ2) is 9.02. The van der Waals surface area contributed by atoms with Crippen molar-refractivity contribution in [2.45, 2.75) is 23.9 Å². The standard InChI is InChI=1S/C23H21N3O6S/c27-21-11-4-3-10-19(21)22(28)24-17-8-5-9-18(13-17)33(31,32)26-14-16-7-2-1-6-15(16)12-20(26)23(29)25-30/h1-11,13,20,27,30H,12,14H2,(H,24,28)(H,25,29). The number of benzene rings is 3. The number of aromatic hydroxyl groups is 1. The summed E-state index contributed by atoms with van der Waals surface area (Å²) in [7, 11) is -4.18. The lowest BCUT2D eigenvalue weighted by Crippen LogP contribution is -2.51. The monoisotopic (exact) mass is 467 g/mol. The third kappa shape index (κ3) is 4.44. The molecule has 33 heavy (non-hydrogen) atoms. The topological polar surface area (TPSA) is 136 Å². The van der Waals surface area contributed by atoms with Crippen molar-refractivity contribution in [3.05, 3.63) is 89.5 Å². The molecular formula is C23H21N3O6S. The number of phenolic OH excluding ortho intramolecular Hbond substituents is 1. The summed E-state index contributed by atoms with van der Waals surface area (Å²) in [5.41, 5.74) is 3.37. The van der Waals surface area contributed by atoms with Gasteiger partial charge in [0.1, 0.15) is 11.8 Å². The van der Waals surface area contributed by atoms with E-state index >= 15 is 0 Å². The summed E-state index contributed by atoms with van der Waals surface area (Å²) in [5.74, 6) is -1.65. The van der Waals surface area contributed by atoms with Gasteiger partial charge in [-0.2, -0.15) is 4.31 Å². The molecule has 170 valence electrons. The Morgan fingerprint density at radius 1 is 0.939 bits per heavy atom. The van der Waals surface area contributed by atoms with Gasteiger partial charge in [0.2, 0.25) is 10.0 Å². The van der Waals surface area contributed by atoms with Gasteiger partial charge in [0, 0.05) is 12.2 Å². The van der Waals surface area contributed by atoms with Crippen LogP contribution in [0.25, 0.3) is 0 Å². The smallest absolute Gasteiger partial charge is 0.262 e. The van der Waals surface area contributed by atoms with Gasteiger partial charge in [-0.05, 0) is 47.9 Å². The normalized spacial score (nSPS) is 16.0. The van der Waals surface area contributed by atoms with Crippen molar-refractivity contribution in [2.24, 2.45) is 0 Å². The Labute approximate surface area is 190 Å². The molecule has 1 unspecified atom stereocenters. The molecule has 10 heteroatoms. The maximum absolute atomic E-state index is 13.5. The van der Waals surface area contributed by atoms with Gasteiger partial charge in [0.25, 0.3) is 11.8 Å². The average Bonchev–Trinajstić information content (AvgIpc) is 2.83. The van der Waals surface area contributed by atoms with E-state index < -0.39 is 27.9 Å². The Balaban J connectivity index is 1.66. The van der Waals surface area contributed by atoms with E-state index in [4.69, 9.17) is 0 Å². The van der Waals surface area contributed by atoms with Crippen LogP contribution in [0.3, 0.4) is 0 Å². The predicted octanol–water partition coefficient (Wildman–Crippen LogP) is 2.27. The zero-order chi connectivity index (χ0) is 23.6. The van der Waals surface area contributed by atoms with E-state index in [0.29, 0.717) is 0 Å².